The first kappa shape index (κ1) is 9.49. The maximum absolute atomic E-state index is 10.0. The minimum atomic E-state index is -0.239. The molecule has 1 aromatic rings. The predicted octanol–water partition coefficient (Wildman–Crippen LogP) is 1.79. The Kier molecular flexibility index (Phi) is 2.27. The molecule has 2 nitrogen and oxygen atoms in total. The third kappa shape index (κ3) is 1.75. The average molecular weight is 195 g/mol. The van der Waals surface area contributed by atoms with Gasteiger partial charge in [0.2, 0.25) is 0 Å². The molecule has 1 saturated carbocycles. The van der Waals surface area contributed by atoms with Crippen LogP contribution in [0.1, 0.15) is 24.0 Å². The molecule has 0 aliphatic heterocycles. The van der Waals surface area contributed by atoms with Crippen LogP contribution in [0.25, 0.3) is 0 Å². The number of carbonyl (C=O) groups is 1. The highest BCUT2D eigenvalue weighted by Crippen LogP contribution is 2.47. The van der Waals surface area contributed by atoms with Crippen LogP contribution in [0, 0.1) is 23.2 Å². The van der Waals surface area contributed by atoms with Gasteiger partial charge in [-0.1, -0.05) is 18.1 Å². The van der Waals surface area contributed by atoms with Gasteiger partial charge in [0.25, 0.3) is 0 Å². The largest absolute Gasteiger partial charge is 0.289 e. The summed E-state index contributed by atoms with van der Waals surface area (Å²) in [7, 11) is 0. The Morgan fingerprint density at radius 3 is 2.40 bits per heavy atom. The van der Waals surface area contributed by atoms with E-state index in [1.165, 1.54) is 0 Å². The molecule has 0 spiro atoms. The first-order valence-corrected chi connectivity index (χ1v) is 4.78. The van der Waals surface area contributed by atoms with Gasteiger partial charge in [-0.2, -0.15) is 5.26 Å². The van der Waals surface area contributed by atoms with E-state index in [1.807, 2.05) is 24.3 Å². The molecule has 72 valence electrons. The van der Waals surface area contributed by atoms with Crippen molar-refractivity contribution in [1.82, 2.24) is 0 Å². The third-order valence-corrected chi connectivity index (χ3v) is 2.68. The van der Waals surface area contributed by atoms with Crippen LogP contribution >= 0.6 is 0 Å². The molecule has 0 amide bonds. The van der Waals surface area contributed by atoms with Crippen molar-refractivity contribution >= 4 is 6.29 Å². The van der Waals surface area contributed by atoms with Crippen molar-refractivity contribution in [3.63, 3.8) is 0 Å². The highest BCUT2D eigenvalue weighted by Gasteiger charge is 2.44. The zero-order valence-electron chi connectivity index (χ0n) is 8.16. The molecular formula is C13H9NO. The molecule has 0 saturated heterocycles. The number of hydrogen-bond acceptors (Lipinski definition) is 2. The molecule has 0 radical (unpaired) electrons. The van der Waals surface area contributed by atoms with Gasteiger partial charge in [-0.15, -0.1) is 0 Å². The zero-order chi connectivity index (χ0) is 10.7. The Balaban J connectivity index is 2.26. The number of aldehydes is 1. The van der Waals surface area contributed by atoms with E-state index in [-0.39, 0.29) is 5.41 Å². The Morgan fingerprint density at radius 1 is 1.27 bits per heavy atom. The van der Waals surface area contributed by atoms with E-state index in [0.717, 1.165) is 24.0 Å². The van der Waals surface area contributed by atoms with Gasteiger partial charge >= 0.3 is 0 Å². The zero-order valence-corrected chi connectivity index (χ0v) is 8.16. The lowest BCUT2D eigenvalue weighted by molar-refractivity contribution is -0.103. The summed E-state index contributed by atoms with van der Waals surface area (Å²) < 4.78 is 0. The maximum atomic E-state index is 10.0. The molecule has 0 bridgehead atoms. The van der Waals surface area contributed by atoms with Crippen molar-refractivity contribution in [3.05, 3.63) is 35.4 Å². The van der Waals surface area contributed by atoms with Crippen molar-refractivity contribution < 1.29 is 4.79 Å². The molecule has 1 aliphatic rings. The molecule has 2 heteroatoms. The predicted molar refractivity (Wildman–Crippen MR) is 55.9 cm³/mol. The molecule has 0 aromatic heterocycles. The maximum Gasteiger partial charge on any atom is 0.193 e. The minimum absolute atomic E-state index is 0.239. The van der Waals surface area contributed by atoms with Gasteiger partial charge in [-0.3, -0.25) is 4.79 Å². The van der Waals surface area contributed by atoms with Gasteiger partial charge in [0, 0.05) is 5.56 Å². The summed E-state index contributed by atoms with van der Waals surface area (Å²) in [5.74, 6) is 5.07. The summed E-state index contributed by atoms with van der Waals surface area (Å²) in [6, 6.07) is 9.88. The van der Waals surface area contributed by atoms with E-state index in [2.05, 4.69) is 17.9 Å². The van der Waals surface area contributed by atoms with Crippen LogP contribution < -0.4 is 0 Å². The fourth-order valence-corrected chi connectivity index (χ4v) is 1.58. The van der Waals surface area contributed by atoms with E-state index >= 15 is 0 Å². The van der Waals surface area contributed by atoms with Crippen LogP contribution in [0.4, 0.5) is 0 Å². The minimum Gasteiger partial charge on any atom is -0.289 e. The standard InChI is InChI=1S/C13H9NO/c14-10-13(7-8-13)12-5-3-11(4-6-12)2-1-9-15/h3-6,9H,7-8H2. The number of carbonyl (C=O) groups excluding carboxylic acids is 1. The highest BCUT2D eigenvalue weighted by molar-refractivity contribution is 5.73. The van der Waals surface area contributed by atoms with Crippen LogP contribution in [0.3, 0.4) is 0 Å². The van der Waals surface area contributed by atoms with Crippen molar-refractivity contribution in [2.24, 2.45) is 0 Å². The summed E-state index contributed by atoms with van der Waals surface area (Å²) in [5, 5.41) is 9.00. The van der Waals surface area contributed by atoms with Crippen LogP contribution in [-0.4, -0.2) is 6.29 Å². The van der Waals surface area contributed by atoms with Gasteiger partial charge in [-0.05, 0) is 36.5 Å². The number of benzene rings is 1. The average Bonchev–Trinajstić information content (AvgIpc) is 3.08. The lowest BCUT2D eigenvalue weighted by atomic mass is 9.97. The van der Waals surface area contributed by atoms with Gasteiger partial charge in [0.05, 0.1) is 11.5 Å². The quantitative estimate of drug-likeness (QED) is 0.506. The van der Waals surface area contributed by atoms with Crippen LogP contribution in [-0.2, 0) is 10.2 Å². The van der Waals surface area contributed by atoms with Gasteiger partial charge in [0.15, 0.2) is 6.29 Å². The lowest BCUT2D eigenvalue weighted by Crippen LogP contribution is -2.01. The fraction of sp³-hybridized carbons (Fsp3) is 0.231. The molecule has 1 fully saturated rings. The van der Waals surface area contributed by atoms with Crippen molar-refractivity contribution in [1.29, 1.82) is 5.26 Å². The Bertz CT molecular complexity index is 478. The first-order chi connectivity index (χ1) is 7.30. The van der Waals surface area contributed by atoms with Crippen molar-refractivity contribution in [3.8, 4) is 17.9 Å². The van der Waals surface area contributed by atoms with Crippen LogP contribution in [0.5, 0.6) is 0 Å². The van der Waals surface area contributed by atoms with E-state index in [1.54, 1.807) is 0 Å². The topological polar surface area (TPSA) is 40.9 Å². The molecule has 2 rings (SSSR count). The van der Waals surface area contributed by atoms with Crippen molar-refractivity contribution in [2.45, 2.75) is 18.3 Å². The Hall–Kier alpha value is -2.06. The second kappa shape index (κ2) is 3.59. The summed E-state index contributed by atoms with van der Waals surface area (Å²) in [5.41, 5.74) is 1.62. The second-order valence-electron chi connectivity index (χ2n) is 3.66. The highest BCUT2D eigenvalue weighted by atomic mass is 16.1. The van der Waals surface area contributed by atoms with Gasteiger partial charge < -0.3 is 0 Å². The van der Waals surface area contributed by atoms with Gasteiger partial charge in [0.1, 0.15) is 0 Å². The molecule has 0 heterocycles. The molecule has 0 atom stereocenters. The number of hydrogen-bond donors (Lipinski definition) is 0. The summed E-state index contributed by atoms with van der Waals surface area (Å²) in [6.45, 7) is 0. The molecule has 1 aromatic carbocycles. The van der Waals surface area contributed by atoms with E-state index in [9.17, 15) is 4.79 Å². The number of rotatable bonds is 1. The lowest BCUT2D eigenvalue weighted by Gasteiger charge is -2.04. The van der Waals surface area contributed by atoms with Crippen LogP contribution in [0.2, 0.25) is 0 Å². The van der Waals surface area contributed by atoms with E-state index < -0.39 is 0 Å². The monoisotopic (exact) mass is 195 g/mol. The summed E-state index contributed by atoms with van der Waals surface area (Å²) in [4.78, 5) is 10.0. The molecule has 0 unspecified atom stereocenters. The second-order valence-corrected chi connectivity index (χ2v) is 3.66. The number of nitriles is 1. The molecule has 15 heavy (non-hydrogen) atoms. The number of nitrogens with zero attached hydrogens (tertiary/aromatic N) is 1. The summed E-state index contributed by atoms with van der Waals surface area (Å²) >= 11 is 0. The third-order valence-electron chi connectivity index (χ3n) is 2.68. The van der Waals surface area contributed by atoms with Crippen LogP contribution in [0.15, 0.2) is 24.3 Å². The first-order valence-electron chi connectivity index (χ1n) is 4.78. The van der Waals surface area contributed by atoms with Crippen molar-refractivity contribution in [2.75, 3.05) is 0 Å². The molecule has 0 N–H and O–H groups in total. The summed E-state index contributed by atoms with van der Waals surface area (Å²) in [6.07, 6.45) is 2.47. The fourth-order valence-electron chi connectivity index (χ4n) is 1.58. The Morgan fingerprint density at radius 2 is 1.93 bits per heavy atom. The molecule has 1 aliphatic carbocycles. The van der Waals surface area contributed by atoms with E-state index in [4.69, 9.17) is 5.26 Å². The Labute approximate surface area is 88.5 Å². The normalized spacial score (nSPS) is 15.7. The smallest absolute Gasteiger partial charge is 0.193 e. The molecular weight excluding hydrogens is 186 g/mol. The SMILES string of the molecule is N#CC1(c2ccc(C#CC=O)cc2)CC1. The van der Waals surface area contributed by atoms with Gasteiger partial charge in [-0.25, -0.2) is 0 Å². The van der Waals surface area contributed by atoms with E-state index in [0.29, 0.717) is 6.29 Å².